The molecule has 1 N–H and O–H groups in total. The molecule has 0 aliphatic carbocycles. The molecule has 2 aromatic carbocycles. The summed E-state index contributed by atoms with van der Waals surface area (Å²) in [5.74, 6) is 1.23. The predicted octanol–water partition coefficient (Wildman–Crippen LogP) is 3.68. The van der Waals surface area contributed by atoms with Crippen LogP contribution in [0.2, 0.25) is 0 Å². The highest BCUT2D eigenvalue weighted by Gasteiger charge is 2.18. The van der Waals surface area contributed by atoms with Gasteiger partial charge in [-0.25, -0.2) is 0 Å². The summed E-state index contributed by atoms with van der Waals surface area (Å²) in [6.07, 6.45) is 2.72. The van der Waals surface area contributed by atoms with Crippen LogP contribution in [0.4, 0.5) is 0 Å². The van der Waals surface area contributed by atoms with Crippen molar-refractivity contribution in [2.75, 3.05) is 19.6 Å². The Kier molecular flexibility index (Phi) is 6.67. The number of likely N-dealkylation sites (tertiary alicyclic amines) is 1. The largest absolute Gasteiger partial charge is 0.489 e. The van der Waals surface area contributed by atoms with Gasteiger partial charge in [-0.3, -0.25) is 4.79 Å². The Hall–Kier alpha value is -2.33. The molecule has 0 saturated carbocycles. The molecular weight excluding hydrogens is 324 g/mol. The van der Waals surface area contributed by atoms with E-state index < -0.39 is 0 Å². The first-order valence-electron chi connectivity index (χ1n) is 9.47. The Bertz CT molecular complexity index is 712. The third-order valence-electron chi connectivity index (χ3n) is 4.76. The van der Waals surface area contributed by atoms with Crippen LogP contribution in [0.15, 0.2) is 48.5 Å². The second kappa shape index (κ2) is 9.39. The fourth-order valence-electron chi connectivity index (χ4n) is 3.19. The molecule has 4 nitrogen and oxygen atoms in total. The molecule has 1 heterocycles. The molecule has 1 amide bonds. The standard InChI is InChI=1S/C22H28N2O2/c1-18-9-11-19(12-10-18)17-26-21-7-3-2-6-20(21)16-23-13-5-15-24-14-4-8-22(24)25/h2-3,6-7,9-12,23H,4-5,8,13-17H2,1H3. The summed E-state index contributed by atoms with van der Waals surface area (Å²) in [7, 11) is 0. The van der Waals surface area contributed by atoms with E-state index in [-0.39, 0.29) is 0 Å². The summed E-state index contributed by atoms with van der Waals surface area (Å²) >= 11 is 0. The van der Waals surface area contributed by atoms with Crippen LogP contribution in [0.3, 0.4) is 0 Å². The van der Waals surface area contributed by atoms with Crippen LogP contribution in [-0.2, 0) is 17.9 Å². The van der Waals surface area contributed by atoms with E-state index in [4.69, 9.17) is 4.74 Å². The quantitative estimate of drug-likeness (QED) is 0.700. The second-order valence-corrected chi connectivity index (χ2v) is 6.90. The number of hydrogen-bond acceptors (Lipinski definition) is 3. The molecule has 4 heteroatoms. The molecule has 2 aromatic rings. The zero-order valence-corrected chi connectivity index (χ0v) is 15.5. The maximum absolute atomic E-state index is 11.6. The third kappa shape index (κ3) is 5.33. The fourth-order valence-corrected chi connectivity index (χ4v) is 3.19. The van der Waals surface area contributed by atoms with Crippen molar-refractivity contribution in [3.63, 3.8) is 0 Å². The number of nitrogens with zero attached hydrogens (tertiary/aromatic N) is 1. The smallest absolute Gasteiger partial charge is 0.222 e. The summed E-state index contributed by atoms with van der Waals surface area (Å²) in [6.45, 7) is 6.12. The first-order chi connectivity index (χ1) is 12.7. The number of ether oxygens (including phenoxy) is 1. The van der Waals surface area contributed by atoms with Gasteiger partial charge in [0, 0.05) is 31.6 Å². The molecule has 0 radical (unpaired) electrons. The van der Waals surface area contributed by atoms with Crippen molar-refractivity contribution < 1.29 is 9.53 Å². The lowest BCUT2D eigenvalue weighted by Crippen LogP contribution is -2.28. The number of para-hydroxylation sites is 1. The first kappa shape index (κ1) is 18.5. The Morgan fingerprint density at radius 2 is 1.92 bits per heavy atom. The van der Waals surface area contributed by atoms with Gasteiger partial charge in [-0.05, 0) is 37.9 Å². The molecule has 3 rings (SSSR count). The van der Waals surface area contributed by atoms with Gasteiger partial charge in [-0.2, -0.15) is 0 Å². The van der Waals surface area contributed by atoms with Crippen LogP contribution in [0.5, 0.6) is 5.75 Å². The minimum Gasteiger partial charge on any atom is -0.489 e. The number of aryl methyl sites for hydroxylation is 1. The normalized spacial score (nSPS) is 14.0. The Labute approximate surface area is 156 Å². The number of hydrogen-bond donors (Lipinski definition) is 1. The van der Waals surface area contributed by atoms with Crippen molar-refractivity contribution in [2.45, 2.75) is 39.3 Å². The topological polar surface area (TPSA) is 41.6 Å². The summed E-state index contributed by atoms with van der Waals surface area (Å²) < 4.78 is 6.02. The van der Waals surface area contributed by atoms with Crippen LogP contribution >= 0.6 is 0 Å². The van der Waals surface area contributed by atoms with E-state index in [0.29, 0.717) is 12.5 Å². The monoisotopic (exact) mass is 352 g/mol. The van der Waals surface area contributed by atoms with Crippen molar-refractivity contribution in [1.82, 2.24) is 10.2 Å². The molecule has 1 saturated heterocycles. The average Bonchev–Trinajstić information content (AvgIpc) is 3.07. The zero-order chi connectivity index (χ0) is 18.2. The van der Waals surface area contributed by atoms with Crippen molar-refractivity contribution in [2.24, 2.45) is 0 Å². The average molecular weight is 352 g/mol. The lowest BCUT2D eigenvalue weighted by molar-refractivity contribution is -0.127. The highest BCUT2D eigenvalue weighted by Crippen LogP contribution is 2.19. The zero-order valence-electron chi connectivity index (χ0n) is 15.5. The fraction of sp³-hybridized carbons (Fsp3) is 0.409. The summed E-state index contributed by atoms with van der Waals surface area (Å²) in [5.41, 5.74) is 3.60. The van der Waals surface area contributed by atoms with Gasteiger partial charge < -0.3 is 15.0 Å². The summed E-state index contributed by atoms with van der Waals surface area (Å²) in [6, 6.07) is 16.6. The number of amides is 1. The van der Waals surface area contributed by atoms with Gasteiger partial charge >= 0.3 is 0 Å². The van der Waals surface area contributed by atoms with E-state index in [0.717, 1.165) is 56.8 Å². The van der Waals surface area contributed by atoms with E-state index in [1.165, 1.54) is 11.1 Å². The van der Waals surface area contributed by atoms with Crippen molar-refractivity contribution in [1.29, 1.82) is 0 Å². The molecule has 0 aromatic heterocycles. The molecule has 26 heavy (non-hydrogen) atoms. The molecule has 0 bridgehead atoms. The van der Waals surface area contributed by atoms with Gasteiger partial charge in [-0.15, -0.1) is 0 Å². The van der Waals surface area contributed by atoms with Gasteiger partial charge in [0.05, 0.1) is 0 Å². The Morgan fingerprint density at radius 1 is 1.12 bits per heavy atom. The van der Waals surface area contributed by atoms with Crippen LogP contribution in [0.25, 0.3) is 0 Å². The number of rotatable bonds is 9. The van der Waals surface area contributed by atoms with Gasteiger partial charge in [0.1, 0.15) is 12.4 Å². The SMILES string of the molecule is Cc1ccc(COc2ccccc2CNCCCN2CCCC2=O)cc1. The van der Waals surface area contributed by atoms with Gasteiger partial charge in [0.2, 0.25) is 5.91 Å². The summed E-state index contributed by atoms with van der Waals surface area (Å²) in [4.78, 5) is 13.6. The van der Waals surface area contributed by atoms with Gasteiger partial charge in [0.15, 0.2) is 0 Å². The molecule has 1 fully saturated rings. The highest BCUT2D eigenvalue weighted by atomic mass is 16.5. The van der Waals surface area contributed by atoms with Crippen LogP contribution in [-0.4, -0.2) is 30.4 Å². The molecular formula is C22H28N2O2. The number of nitrogens with one attached hydrogen (secondary N) is 1. The lowest BCUT2D eigenvalue weighted by Gasteiger charge is -2.16. The number of benzene rings is 2. The highest BCUT2D eigenvalue weighted by molar-refractivity contribution is 5.77. The van der Waals surface area contributed by atoms with Gasteiger partial charge in [-0.1, -0.05) is 48.0 Å². The van der Waals surface area contributed by atoms with Gasteiger partial charge in [0.25, 0.3) is 0 Å². The van der Waals surface area contributed by atoms with E-state index >= 15 is 0 Å². The van der Waals surface area contributed by atoms with Crippen LogP contribution < -0.4 is 10.1 Å². The minimum absolute atomic E-state index is 0.305. The van der Waals surface area contributed by atoms with E-state index in [1.807, 2.05) is 23.1 Å². The molecule has 0 spiro atoms. The first-order valence-corrected chi connectivity index (χ1v) is 9.47. The van der Waals surface area contributed by atoms with E-state index in [9.17, 15) is 4.79 Å². The second-order valence-electron chi connectivity index (χ2n) is 6.90. The maximum Gasteiger partial charge on any atom is 0.222 e. The number of carbonyl (C=O) groups excluding carboxylic acids is 1. The molecule has 1 aliphatic rings. The number of carbonyl (C=O) groups is 1. The molecule has 0 atom stereocenters. The predicted molar refractivity (Wildman–Crippen MR) is 104 cm³/mol. The van der Waals surface area contributed by atoms with Crippen LogP contribution in [0, 0.1) is 6.92 Å². The van der Waals surface area contributed by atoms with Crippen LogP contribution in [0.1, 0.15) is 36.0 Å². The Morgan fingerprint density at radius 3 is 2.69 bits per heavy atom. The minimum atomic E-state index is 0.305. The van der Waals surface area contributed by atoms with Crippen molar-refractivity contribution in [3.05, 3.63) is 65.2 Å². The van der Waals surface area contributed by atoms with Crippen molar-refractivity contribution in [3.8, 4) is 5.75 Å². The lowest BCUT2D eigenvalue weighted by atomic mass is 10.1. The summed E-state index contributed by atoms with van der Waals surface area (Å²) in [5, 5.41) is 3.47. The maximum atomic E-state index is 11.6. The van der Waals surface area contributed by atoms with E-state index in [1.54, 1.807) is 0 Å². The molecule has 138 valence electrons. The van der Waals surface area contributed by atoms with E-state index in [2.05, 4.69) is 42.6 Å². The molecule has 0 unspecified atom stereocenters. The van der Waals surface area contributed by atoms with Crippen molar-refractivity contribution >= 4 is 5.91 Å². The molecule has 1 aliphatic heterocycles. The third-order valence-corrected chi connectivity index (χ3v) is 4.76. The Balaban J connectivity index is 1.43.